The van der Waals surface area contributed by atoms with Gasteiger partial charge in [-0.15, -0.1) is 0 Å². The Balaban J connectivity index is 1.73. The monoisotopic (exact) mass is 562 g/mol. The molecule has 5 rings (SSSR count). The highest BCUT2D eigenvalue weighted by molar-refractivity contribution is 9.10. The Morgan fingerprint density at radius 3 is 2.42 bits per heavy atom. The Bertz CT molecular complexity index is 1420. The minimum atomic E-state index is -0.171. The normalized spacial score (nSPS) is 17.2. The summed E-state index contributed by atoms with van der Waals surface area (Å²) < 4.78 is 14.6. The second-order valence-electron chi connectivity index (χ2n) is 8.65. The zero-order valence-electron chi connectivity index (χ0n) is 20.5. The Hall–Kier alpha value is -3.36. The van der Waals surface area contributed by atoms with Gasteiger partial charge < -0.3 is 24.3 Å². The van der Waals surface area contributed by atoms with Gasteiger partial charge in [-0.1, -0.05) is 18.2 Å². The number of nitrogens with one attached hydrogen (secondary N) is 1. The molecule has 0 amide bonds. The molecule has 1 N–H and O–H groups in total. The molecule has 2 aromatic carbocycles. The first-order valence-corrected chi connectivity index (χ1v) is 12.8. The number of hydrogen-bond donors (Lipinski definition) is 1. The van der Waals surface area contributed by atoms with E-state index >= 15 is 0 Å². The van der Waals surface area contributed by atoms with Crippen LogP contribution in [-0.2, 0) is 0 Å². The van der Waals surface area contributed by atoms with Gasteiger partial charge in [-0.3, -0.25) is 4.98 Å². The smallest absolute Gasteiger partial charge is 0.174 e. The number of ether oxygens (including phenoxy) is 2. The quantitative estimate of drug-likeness (QED) is 0.273. The maximum absolute atomic E-state index is 5.94. The van der Waals surface area contributed by atoms with Crippen molar-refractivity contribution in [3.05, 3.63) is 100 Å². The minimum absolute atomic E-state index is 0.164. The molecule has 4 aromatic rings. The molecule has 36 heavy (non-hydrogen) atoms. The van der Waals surface area contributed by atoms with E-state index in [-0.39, 0.29) is 12.1 Å². The predicted octanol–water partition coefficient (Wildman–Crippen LogP) is 6.45. The molecule has 0 unspecified atom stereocenters. The largest absolute Gasteiger partial charge is 0.497 e. The molecule has 0 spiro atoms. The van der Waals surface area contributed by atoms with Crippen LogP contribution in [0.4, 0.5) is 5.69 Å². The van der Waals surface area contributed by atoms with Gasteiger partial charge in [0, 0.05) is 28.1 Å². The standard InChI is InChI=1S/C28H27BrN4O2S/c1-17-15-20(18(2)32(17)23-11-6-5-9-21(23)29)27-26(22-10-7-8-14-30-22)31-28(36)33(27)24-16-19(34-3)12-13-25(24)35-4/h5-16,26-27H,1-4H3,(H,31,36)/t26-,27+/m0/s1. The van der Waals surface area contributed by atoms with Gasteiger partial charge in [0.15, 0.2) is 5.11 Å². The predicted molar refractivity (Wildman–Crippen MR) is 150 cm³/mol. The summed E-state index contributed by atoms with van der Waals surface area (Å²) in [5, 5.41) is 4.15. The number of nitrogens with zero attached hydrogens (tertiary/aromatic N) is 3. The zero-order chi connectivity index (χ0) is 25.4. The summed E-state index contributed by atoms with van der Waals surface area (Å²) in [6, 6.07) is 21.9. The number of rotatable bonds is 6. The Morgan fingerprint density at radius 2 is 1.72 bits per heavy atom. The van der Waals surface area contributed by atoms with Crippen molar-refractivity contribution in [2.24, 2.45) is 0 Å². The van der Waals surface area contributed by atoms with E-state index in [2.05, 4.69) is 73.8 Å². The number of pyridine rings is 1. The lowest BCUT2D eigenvalue weighted by Gasteiger charge is -2.29. The van der Waals surface area contributed by atoms with E-state index in [1.165, 1.54) is 0 Å². The van der Waals surface area contributed by atoms with Crippen LogP contribution in [0, 0.1) is 13.8 Å². The molecule has 0 aliphatic carbocycles. The summed E-state index contributed by atoms with van der Waals surface area (Å²) in [6.07, 6.45) is 1.82. The highest BCUT2D eigenvalue weighted by atomic mass is 79.9. The van der Waals surface area contributed by atoms with E-state index in [1.54, 1.807) is 14.2 Å². The average molecular weight is 564 g/mol. The van der Waals surface area contributed by atoms with Crippen molar-refractivity contribution in [2.75, 3.05) is 19.1 Å². The lowest BCUT2D eigenvalue weighted by atomic mass is 9.96. The molecule has 0 saturated carbocycles. The maximum atomic E-state index is 5.94. The molecule has 2 aromatic heterocycles. The maximum Gasteiger partial charge on any atom is 0.174 e. The number of thiocarbonyl (C=S) groups is 1. The van der Waals surface area contributed by atoms with Gasteiger partial charge >= 0.3 is 0 Å². The number of benzene rings is 2. The molecule has 184 valence electrons. The van der Waals surface area contributed by atoms with Gasteiger partial charge in [0.25, 0.3) is 0 Å². The van der Waals surface area contributed by atoms with E-state index in [0.717, 1.165) is 44.2 Å². The molecular weight excluding hydrogens is 536 g/mol. The molecule has 1 aliphatic heterocycles. The molecule has 2 atom stereocenters. The second-order valence-corrected chi connectivity index (χ2v) is 9.89. The fourth-order valence-corrected chi connectivity index (χ4v) is 5.81. The fraction of sp³-hybridized carbons (Fsp3) is 0.214. The van der Waals surface area contributed by atoms with Crippen LogP contribution in [0.5, 0.6) is 11.5 Å². The van der Waals surface area contributed by atoms with E-state index in [1.807, 2.05) is 48.7 Å². The average Bonchev–Trinajstić information content (AvgIpc) is 3.39. The highest BCUT2D eigenvalue weighted by Crippen LogP contribution is 2.47. The van der Waals surface area contributed by atoms with Crippen molar-refractivity contribution < 1.29 is 9.47 Å². The lowest BCUT2D eigenvalue weighted by Crippen LogP contribution is -2.30. The van der Waals surface area contributed by atoms with Gasteiger partial charge in [-0.05, 0) is 90.0 Å². The van der Waals surface area contributed by atoms with Crippen LogP contribution in [0.3, 0.4) is 0 Å². The van der Waals surface area contributed by atoms with Gasteiger partial charge in [0.2, 0.25) is 0 Å². The van der Waals surface area contributed by atoms with E-state index < -0.39 is 0 Å². The van der Waals surface area contributed by atoms with Crippen molar-refractivity contribution in [2.45, 2.75) is 25.9 Å². The van der Waals surface area contributed by atoms with Crippen LogP contribution in [0.25, 0.3) is 5.69 Å². The molecule has 0 radical (unpaired) electrons. The first-order chi connectivity index (χ1) is 17.4. The Morgan fingerprint density at radius 1 is 0.944 bits per heavy atom. The van der Waals surface area contributed by atoms with Gasteiger partial charge in [-0.2, -0.15) is 0 Å². The van der Waals surface area contributed by atoms with E-state index in [4.69, 9.17) is 21.7 Å². The van der Waals surface area contributed by atoms with Crippen molar-refractivity contribution >= 4 is 38.9 Å². The third kappa shape index (κ3) is 4.14. The molecular formula is C28H27BrN4O2S. The van der Waals surface area contributed by atoms with Crippen LogP contribution in [0.2, 0.25) is 0 Å². The first kappa shape index (κ1) is 24.3. The van der Waals surface area contributed by atoms with Crippen LogP contribution in [0.1, 0.15) is 34.7 Å². The number of aromatic nitrogens is 2. The number of anilines is 1. The highest BCUT2D eigenvalue weighted by Gasteiger charge is 2.43. The summed E-state index contributed by atoms with van der Waals surface area (Å²) in [6.45, 7) is 4.28. The molecule has 3 heterocycles. The fourth-order valence-electron chi connectivity index (χ4n) is 5.01. The minimum Gasteiger partial charge on any atom is -0.497 e. The topological polar surface area (TPSA) is 51.6 Å². The second kappa shape index (κ2) is 9.95. The third-order valence-electron chi connectivity index (χ3n) is 6.63. The molecule has 1 saturated heterocycles. The Kier molecular flexibility index (Phi) is 6.73. The summed E-state index contributed by atoms with van der Waals surface area (Å²) in [7, 11) is 3.33. The number of halogens is 1. The van der Waals surface area contributed by atoms with Crippen molar-refractivity contribution in [1.29, 1.82) is 0 Å². The summed E-state index contributed by atoms with van der Waals surface area (Å²) in [5.74, 6) is 1.44. The summed E-state index contributed by atoms with van der Waals surface area (Å²) in [4.78, 5) is 6.81. The molecule has 1 aliphatic rings. The number of methoxy groups -OCH3 is 2. The van der Waals surface area contributed by atoms with Gasteiger partial charge in [0.1, 0.15) is 11.5 Å². The SMILES string of the molecule is COc1ccc(OC)c(N2C(=S)N[C@@H](c3ccccn3)[C@H]2c2cc(C)n(-c3ccccc3Br)c2C)c1. The number of para-hydroxylation sites is 1. The van der Waals surface area contributed by atoms with E-state index in [0.29, 0.717) is 10.9 Å². The van der Waals surface area contributed by atoms with Crippen LogP contribution >= 0.6 is 28.1 Å². The van der Waals surface area contributed by atoms with Crippen molar-refractivity contribution in [1.82, 2.24) is 14.9 Å². The number of aryl methyl sites for hydroxylation is 1. The van der Waals surface area contributed by atoms with Gasteiger partial charge in [0.05, 0.1) is 43.4 Å². The molecule has 0 bridgehead atoms. The van der Waals surface area contributed by atoms with E-state index in [9.17, 15) is 0 Å². The Labute approximate surface area is 225 Å². The zero-order valence-corrected chi connectivity index (χ0v) is 22.9. The molecule has 8 heteroatoms. The summed E-state index contributed by atoms with van der Waals surface area (Å²) >= 11 is 9.67. The summed E-state index contributed by atoms with van der Waals surface area (Å²) in [5.41, 5.74) is 6.25. The van der Waals surface area contributed by atoms with Crippen LogP contribution in [-0.4, -0.2) is 28.9 Å². The first-order valence-electron chi connectivity index (χ1n) is 11.6. The van der Waals surface area contributed by atoms with Gasteiger partial charge in [-0.25, -0.2) is 0 Å². The lowest BCUT2D eigenvalue weighted by molar-refractivity contribution is 0.403. The van der Waals surface area contributed by atoms with Crippen LogP contribution in [0.15, 0.2) is 77.4 Å². The molecule has 6 nitrogen and oxygen atoms in total. The number of hydrogen-bond acceptors (Lipinski definition) is 4. The molecule has 1 fully saturated rings. The van der Waals surface area contributed by atoms with Crippen molar-refractivity contribution in [3.63, 3.8) is 0 Å². The van der Waals surface area contributed by atoms with Crippen LogP contribution < -0.4 is 19.7 Å². The van der Waals surface area contributed by atoms with Crippen molar-refractivity contribution in [3.8, 4) is 17.2 Å². The third-order valence-corrected chi connectivity index (χ3v) is 7.61.